The van der Waals surface area contributed by atoms with Gasteiger partial charge in [-0.15, -0.1) is 0 Å². The van der Waals surface area contributed by atoms with Gasteiger partial charge in [-0.1, -0.05) is 0 Å². The summed E-state index contributed by atoms with van der Waals surface area (Å²) in [4.78, 5) is 10.9. The van der Waals surface area contributed by atoms with Crippen LogP contribution in [0.3, 0.4) is 0 Å². The fraction of sp³-hybridized carbons (Fsp3) is 0.400. The van der Waals surface area contributed by atoms with E-state index in [4.69, 9.17) is 5.11 Å². The number of hydrogen-bond acceptors (Lipinski definition) is 1. The van der Waals surface area contributed by atoms with E-state index in [0.29, 0.717) is 5.52 Å². The van der Waals surface area contributed by atoms with Gasteiger partial charge in [-0.05, 0) is 43.0 Å². The number of carboxylic acid groups (broad SMARTS) is 1. The van der Waals surface area contributed by atoms with E-state index in [9.17, 15) is 9.18 Å². The Labute approximate surface area is 110 Å². The van der Waals surface area contributed by atoms with E-state index < -0.39 is 5.97 Å². The van der Waals surface area contributed by atoms with Crippen LogP contribution in [-0.2, 0) is 17.3 Å². The Morgan fingerprint density at radius 1 is 1.47 bits per heavy atom. The average Bonchev–Trinajstić information content (AvgIpc) is 3.01. The van der Waals surface area contributed by atoms with Gasteiger partial charge in [0, 0.05) is 24.0 Å². The smallest absolute Gasteiger partial charge is 0.304 e. The Morgan fingerprint density at radius 3 is 2.74 bits per heavy atom. The highest BCUT2D eigenvalue weighted by Crippen LogP contribution is 2.51. The molecule has 0 amide bonds. The summed E-state index contributed by atoms with van der Waals surface area (Å²) < 4.78 is 16.0. The fourth-order valence-corrected chi connectivity index (χ4v) is 3.00. The molecular formula is C15H16FNO2. The van der Waals surface area contributed by atoms with Crippen molar-refractivity contribution in [3.63, 3.8) is 0 Å². The molecule has 1 aromatic carbocycles. The molecule has 2 aromatic rings. The molecule has 1 saturated carbocycles. The maximum Gasteiger partial charge on any atom is 0.304 e. The topological polar surface area (TPSA) is 42.2 Å². The zero-order valence-corrected chi connectivity index (χ0v) is 11.0. The lowest BCUT2D eigenvalue weighted by molar-refractivity contribution is -0.137. The van der Waals surface area contributed by atoms with Crippen LogP contribution >= 0.6 is 0 Å². The Bertz CT molecular complexity index is 683. The van der Waals surface area contributed by atoms with Crippen LogP contribution < -0.4 is 0 Å². The number of carbonyl (C=O) groups is 1. The maximum atomic E-state index is 14.2. The van der Waals surface area contributed by atoms with Crippen LogP contribution in [0.25, 0.3) is 10.9 Å². The third-order valence-corrected chi connectivity index (χ3v) is 4.18. The first-order chi connectivity index (χ1) is 8.93. The van der Waals surface area contributed by atoms with Crippen LogP contribution in [0.1, 0.15) is 30.4 Å². The predicted molar refractivity (Wildman–Crippen MR) is 70.8 cm³/mol. The van der Waals surface area contributed by atoms with Crippen molar-refractivity contribution in [2.45, 2.75) is 31.6 Å². The molecule has 1 N–H and O–H groups in total. The standard InChI is InChI=1S/C15H16FNO2/c1-9-8-17(2)14-11(9)5-10(6-12(14)16)15(3-4-15)7-13(18)19/h5-6,8H,3-4,7H2,1-2H3,(H,18,19). The zero-order valence-electron chi connectivity index (χ0n) is 11.0. The quantitative estimate of drug-likeness (QED) is 0.922. The molecule has 1 aromatic heterocycles. The molecule has 0 atom stereocenters. The van der Waals surface area contributed by atoms with Gasteiger partial charge in [-0.25, -0.2) is 4.39 Å². The van der Waals surface area contributed by atoms with Gasteiger partial charge in [-0.3, -0.25) is 4.79 Å². The second-order valence-corrected chi connectivity index (χ2v) is 5.63. The molecule has 1 fully saturated rings. The van der Waals surface area contributed by atoms with Gasteiger partial charge in [0.05, 0.1) is 11.9 Å². The van der Waals surface area contributed by atoms with Crippen molar-refractivity contribution in [3.05, 3.63) is 35.3 Å². The second kappa shape index (κ2) is 3.83. The summed E-state index contributed by atoms with van der Waals surface area (Å²) in [6, 6.07) is 3.47. The van der Waals surface area contributed by atoms with Gasteiger partial charge >= 0.3 is 5.97 Å². The molecule has 1 heterocycles. The fourth-order valence-electron chi connectivity index (χ4n) is 3.00. The normalized spacial score (nSPS) is 16.8. The van der Waals surface area contributed by atoms with E-state index >= 15 is 0 Å². The number of halogens is 1. The van der Waals surface area contributed by atoms with E-state index in [1.807, 2.05) is 26.2 Å². The van der Waals surface area contributed by atoms with Gasteiger partial charge in [0.25, 0.3) is 0 Å². The van der Waals surface area contributed by atoms with Crippen molar-refractivity contribution >= 4 is 16.9 Å². The van der Waals surface area contributed by atoms with Crippen LogP contribution in [0.2, 0.25) is 0 Å². The highest BCUT2D eigenvalue weighted by atomic mass is 19.1. The minimum atomic E-state index is -0.817. The van der Waals surface area contributed by atoms with Crippen LogP contribution in [0.15, 0.2) is 18.3 Å². The SMILES string of the molecule is Cc1cn(C)c2c(F)cc(C3(CC(=O)O)CC3)cc12. The van der Waals surface area contributed by atoms with Gasteiger partial charge in [0.2, 0.25) is 0 Å². The number of hydrogen-bond donors (Lipinski definition) is 1. The van der Waals surface area contributed by atoms with Crippen molar-refractivity contribution in [1.29, 1.82) is 0 Å². The molecule has 100 valence electrons. The minimum absolute atomic E-state index is 0.0871. The lowest BCUT2D eigenvalue weighted by Crippen LogP contribution is -2.13. The molecule has 0 radical (unpaired) electrons. The first-order valence-electron chi connectivity index (χ1n) is 6.40. The first kappa shape index (κ1) is 12.2. The summed E-state index contributed by atoms with van der Waals surface area (Å²) in [5.74, 6) is -1.08. The van der Waals surface area contributed by atoms with Crippen LogP contribution in [-0.4, -0.2) is 15.6 Å². The van der Waals surface area contributed by atoms with E-state index in [0.717, 1.165) is 29.4 Å². The molecular weight excluding hydrogens is 245 g/mol. The molecule has 4 heteroatoms. The van der Waals surface area contributed by atoms with Gasteiger partial charge in [-0.2, -0.15) is 0 Å². The number of aryl methyl sites for hydroxylation is 2. The third-order valence-electron chi connectivity index (χ3n) is 4.18. The van der Waals surface area contributed by atoms with E-state index in [1.165, 1.54) is 6.07 Å². The monoisotopic (exact) mass is 261 g/mol. The Morgan fingerprint density at radius 2 is 2.16 bits per heavy atom. The highest BCUT2D eigenvalue weighted by molar-refractivity contribution is 5.85. The third kappa shape index (κ3) is 1.82. The van der Waals surface area contributed by atoms with Crippen molar-refractivity contribution < 1.29 is 14.3 Å². The number of aliphatic carboxylic acids is 1. The van der Waals surface area contributed by atoms with Gasteiger partial charge < -0.3 is 9.67 Å². The number of rotatable bonds is 3. The van der Waals surface area contributed by atoms with Crippen LogP contribution in [0.5, 0.6) is 0 Å². The summed E-state index contributed by atoms with van der Waals surface area (Å²) in [7, 11) is 1.82. The maximum absolute atomic E-state index is 14.2. The Kier molecular flexibility index (Phi) is 2.46. The van der Waals surface area contributed by atoms with Crippen molar-refractivity contribution in [2.75, 3.05) is 0 Å². The lowest BCUT2D eigenvalue weighted by Gasteiger charge is -2.14. The number of carboxylic acids is 1. The average molecular weight is 261 g/mol. The molecule has 1 aliphatic carbocycles. The van der Waals surface area contributed by atoms with Crippen molar-refractivity contribution in [3.8, 4) is 0 Å². The van der Waals surface area contributed by atoms with E-state index in [2.05, 4.69) is 0 Å². The summed E-state index contributed by atoms with van der Waals surface area (Å²) in [5.41, 5.74) is 2.09. The lowest BCUT2D eigenvalue weighted by atomic mass is 9.91. The number of benzene rings is 1. The van der Waals surface area contributed by atoms with Gasteiger partial charge in [0.15, 0.2) is 0 Å². The molecule has 3 nitrogen and oxygen atoms in total. The zero-order chi connectivity index (χ0) is 13.8. The number of nitrogens with zero attached hydrogens (tertiary/aromatic N) is 1. The minimum Gasteiger partial charge on any atom is -0.481 e. The van der Waals surface area contributed by atoms with Gasteiger partial charge in [0.1, 0.15) is 5.82 Å². The summed E-state index contributed by atoms with van der Waals surface area (Å²) in [6.07, 6.45) is 3.64. The Balaban J connectivity index is 2.16. The number of fused-ring (bicyclic) bond motifs is 1. The molecule has 3 rings (SSSR count). The molecule has 0 bridgehead atoms. The molecule has 0 saturated heterocycles. The molecule has 0 spiro atoms. The van der Waals surface area contributed by atoms with E-state index in [-0.39, 0.29) is 17.7 Å². The predicted octanol–water partition coefficient (Wildman–Crippen LogP) is 3.13. The number of aromatic nitrogens is 1. The van der Waals surface area contributed by atoms with Crippen molar-refractivity contribution in [2.24, 2.45) is 7.05 Å². The second-order valence-electron chi connectivity index (χ2n) is 5.63. The largest absolute Gasteiger partial charge is 0.481 e. The highest BCUT2D eigenvalue weighted by Gasteiger charge is 2.46. The van der Waals surface area contributed by atoms with E-state index in [1.54, 1.807) is 4.57 Å². The molecule has 0 unspecified atom stereocenters. The molecule has 1 aliphatic rings. The Hall–Kier alpha value is -1.84. The summed E-state index contributed by atoms with van der Waals surface area (Å²) >= 11 is 0. The molecule has 19 heavy (non-hydrogen) atoms. The van der Waals surface area contributed by atoms with Crippen LogP contribution in [0.4, 0.5) is 4.39 Å². The van der Waals surface area contributed by atoms with Crippen molar-refractivity contribution in [1.82, 2.24) is 4.57 Å². The first-order valence-corrected chi connectivity index (χ1v) is 6.40. The molecule has 0 aliphatic heterocycles. The summed E-state index contributed by atoms with van der Waals surface area (Å²) in [6.45, 7) is 1.95. The summed E-state index contributed by atoms with van der Waals surface area (Å²) in [5, 5.41) is 9.88. The van der Waals surface area contributed by atoms with Crippen LogP contribution in [0, 0.1) is 12.7 Å².